The lowest BCUT2D eigenvalue weighted by atomic mass is 10.4. The van der Waals surface area contributed by atoms with E-state index in [1.54, 1.807) is 18.2 Å². The highest BCUT2D eigenvalue weighted by molar-refractivity contribution is 7.94. The third kappa shape index (κ3) is 2.40. The van der Waals surface area contributed by atoms with Gasteiger partial charge in [0.15, 0.2) is 0 Å². The van der Waals surface area contributed by atoms with E-state index in [0.29, 0.717) is 0 Å². The summed E-state index contributed by atoms with van der Waals surface area (Å²) in [4.78, 5) is 11.6. The maximum Gasteiger partial charge on any atom is 0.349 e. The van der Waals surface area contributed by atoms with Crippen molar-refractivity contribution in [2.24, 2.45) is 7.05 Å². The normalized spacial score (nSPS) is 12.1. The Labute approximate surface area is 104 Å². The minimum atomic E-state index is -3.54. The topological polar surface area (TPSA) is 74.0 Å². The molecule has 0 saturated heterocycles. The number of sulfone groups is 1. The van der Waals surface area contributed by atoms with Crippen LogP contribution in [0.2, 0.25) is 0 Å². The third-order valence-corrected chi connectivity index (χ3v) is 3.73. The van der Waals surface area contributed by atoms with Crippen molar-refractivity contribution in [3.63, 3.8) is 0 Å². The van der Waals surface area contributed by atoms with Crippen molar-refractivity contribution in [2.45, 2.75) is 4.90 Å². The van der Waals surface area contributed by atoms with Crippen LogP contribution in [0.3, 0.4) is 0 Å². The molecule has 6 nitrogen and oxygen atoms in total. The lowest BCUT2D eigenvalue weighted by Gasteiger charge is -1.97. The van der Waals surface area contributed by atoms with Crippen molar-refractivity contribution < 1.29 is 8.42 Å². The van der Waals surface area contributed by atoms with Crippen molar-refractivity contribution in [3.05, 3.63) is 52.6 Å². The molecule has 0 atom stereocenters. The van der Waals surface area contributed by atoms with Crippen LogP contribution in [0.25, 0.3) is 6.20 Å². The summed E-state index contributed by atoms with van der Waals surface area (Å²) >= 11 is 0. The summed E-state index contributed by atoms with van der Waals surface area (Å²) in [7, 11) is -2.06. The second-order valence-electron chi connectivity index (χ2n) is 3.59. The van der Waals surface area contributed by atoms with Gasteiger partial charge in [-0.1, -0.05) is 18.2 Å². The second kappa shape index (κ2) is 4.61. The molecule has 1 aromatic heterocycles. The summed E-state index contributed by atoms with van der Waals surface area (Å²) in [6.07, 6.45) is 2.43. The van der Waals surface area contributed by atoms with Crippen LogP contribution in [-0.4, -0.2) is 22.8 Å². The van der Waals surface area contributed by atoms with Crippen LogP contribution in [0, 0.1) is 0 Å². The van der Waals surface area contributed by atoms with E-state index in [0.717, 1.165) is 14.7 Å². The fourth-order valence-corrected chi connectivity index (χ4v) is 2.32. The average molecular weight is 265 g/mol. The minimum absolute atomic E-state index is 0.179. The Morgan fingerprint density at radius 1 is 1.22 bits per heavy atom. The van der Waals surface area contributed by atoms with Crippen molar-refractivity contribution in [1.29, 1.82) is 0 Å². The molecular weight excluding hydrogens is 254 g/mol. The Kier molecular flexibility index (Phi) is 3.15. The predicted molar refractivity (Wildman–Crippen MR) is 66.4 cm³/mol. The molecule has 0 N–H and O–H groups in total. The Hall–Kier alpha value is -2.15. The molecule has 0 bridgehead atoms. The number of hydrogen-bond acceptors (Lipinski definition) is 4. The maximum absolute atomic E-state index is 11.9. The molecule has 0 saturated carbocycles. The first kappa shape index (κ1) is 12.3. The largest absolute Gasteiger partial charge is 0.349 e. The first-order valence-corrected chi connectivity index (χ1v) is 6.64. The van der Waals surface area contributed by atoms with Gasteiger partial charge in [0.1, 0.15) is 6.33 Å². The van der Waals surface area contributed by atoms with Gasteiger partial charge in [0.25, 0.3) is 0 Å². The number of benzene rings is 1. The third-order valence-electron chi connectivity index (χ3n) is 2.32. The summed E-state index contributed by atoms with van der Waals surface area (Å²) in [6.45, 7) is 0. The van der Waals surface area contributed by atoms with Crippen molar-refractivity contribution in [1.82, 2.24) is 14.3 Å². The van der Waals surface area contributed by atoms with E-state index in [-0.39, 0.29) is 4.90 Å². The van der Waals surface area contributed by atoms with Gasteiger partial charge in [0.2, 0.25) is 9.84 Å². The van der Waals surface area contributed by atoms with Gasteiger partial charge in [0.05, 0.1) is 10.3 Å². The van der Waals surface area contributed by atoms with E-state index in [2.05, 4.69) is 5.10 Å². The molecule has 1 aromatic carbocycles. The van der Waals surface area contributed by atoms with Gasteiger partial charge in [0, 0.05) is 13.2 Å². The van der Waals surface area contributed by atoms with Crippen LogP contribution in [0.5, 0.6) is 0 Å². The van der Waals surface area contributed by atoms with Crippen molar-refractivity contribution in [3.8, 4) is 0 Å². The summed E-state index contributed by atoms with van der Waals surface area (Å²) in [5.41, 5.74) is -0.408. The van der Waals surface area contributed by atoms with E-state index in [4.69, 9.17) is 0 Å². The molecular formula is C11H11N3O3S. The maximum atomic E-state index is 11.9. The highest BCUT2D eigenvalue weighted by Gasteiger charge is 2.09. The van der Waals surface area contributed by atoms with Gasteiger partial charge in [-0.2, -0.15) is 5.10 Å². The molecule has 0 fully saturated rings. The number of aryl methyl sites for hydroxylation is 1. The van der Waals surface area contributed by atoms with E-state index < -0.39 is 15.5 Å². The first-order valence-electron chi connectivity index (χ1n) is 5.09. The Morgan fingerprint density at radius 2 is 1.89 bits per heavy atom. The molecule has 0 aliphatic heterocycles. The van der Waals surface area contributed by atoms with Gasteiger partial charge in [-0.05, 0) is 12.1 Å². The van der Waals surface area contributed by atoms with Crippen LogP contribution in [0.4, 0.5) is 0 Å². The van der Waals surface area contributed by atoms with Crippen LogP contribution >= 0.6 is 0 Å². The quantitative estimate of drug-likeness (QED) is 0.809. The van der Waals surface area contributed by atoms with Crippen LogP contribution in [-0.2, 0) is 16.9 Å². The molecule has 1 heterocycles. The molecule has 18 heavy (non-hydrogen) atoms. The zero-order valence-electron chi connectivity index (χ0n) is 9.59. The molecule has 94 valence electrons. The molecule has 0 radical (unpaired) electrons. The lowest BCUT2D eigenvalue weighted by Crippen LogP contribution is -2.19. The number of hydrogen-bond donors (Lipinski definition) is 0. The van der Waals surface area contributed by atoms with Gasteiger partial charge < -0.3 is 0 Å². The average Bonchev–Trinajstić information content (AvgIpc) is 2.69. The second-order valence-corrected chi connectivity index (χ2v) is 5.42. The molecule has 0 unspecified atom stereocenters. The molecule has 2 rings (SSSR count). The Bertz CT molecular complexity index is 726. The van der Waals surface area contributed by atoms with Crippen LogP contribution in [0.1, 0.15) is 0 Å². The molecule has 2 aromatic rings. The zero-order chi connectivity index (χ0) is 13.2. The standard InChI is InChI=1S/C11H11N3O3S/c1-13-11(15)14(9-12-13)7-8-18(16,17)10-5-3-2-4-6-10/h2-9H,1H3. The number of rotatable bonds is 3. The summed E-state index contributed by atoms with van der Waals surface area (Å²) in [5, 5.41) is 4.69. The first-order chi connectivity index (χ1) is 8.50. The van der Waals surface area contributed by atoms with Crippen molar-refractivity contribution >= 4 is 16.0 Å². The van der Waals surface area contributed by atoms with Gasteiger partial charge in [-0.15, -0.1) is 0 Å². The number of aromatic nitrogens is 3. The van der Waals surface area contributed by atoms with Crippen molar-refractivity contribution in [2.75, 3.05) is 0 Å². The van der Waals surface area contributed by atoms with Crippen LogP contribution in [0.15, 0.2) is 51.8 Å². The lowest BCUT2D eigenvalue weighted by molar-refractivity contribution is 0.604. The summed E-state index contributed by atoms with van der Waals surface area (Å²) in [6, 6.07) is 7.99. The zero-order valence-corrected chi connectivity index (χ0v) is 10.4. The smallest absolute Gasteiger partial charge is 0.256 e. The highest BCUT2D eigenvalue weighted by atomic mass is 32.2. The Balaban J connectivity index is 2.35. The van der Waals surface area contributed by atoms with E-state index >= 15 is 0 Å². The highest BCUT2D eigenvalue weighted by Crippen LogP contribution is 2.11. The van der Waals surface area contributed by atoms with E-state index in [9.17, 15) is 13.2 Å². The monoisotopic (exact) mass is 265 g/mol. The van der Waals surface area contributed by atoms with Gasteiger partial charge in [-0.25, -0.2) is 17.9 Å². The summed E-state index contributed by atoms with van der Waals surface area (Å²) in [5.74, 6) is 0. The SMILES string of the molecule is Cn1ncn(C=CS(=O)(=O)c2ccccc2)c1=O. The molecule has 0 amide bonds. The van der Waals surface area contributed by atoms with E-state index in [1.807, 2.05) is 0 Å². The fourth-order valence-electron chi connectivity index (χ4n) is 1.34. The number of nitrogens with zero attached hydrogens (tertiary/aromatic N) is 3. The Morgan fingerprint density at radius 3 is 2.44 bits per heavy atom. The molecule has 0 aliphatic rings. The molecule has 0 aliphatic carbocycles. The van der Waals surface area contributed by atoms with Gasteiger partial charge in [-0.3, -0.25) is 4.57 Å². The molecule has 7 heteroatoms. The van der Waals surface area contributed by atoms with Gasteiger partial charge >= 0.3 is 5.69 Å². The predicted octanol–water partition coefficient (Wildman–Crippen LogP) is 0.484. The molecule has 0 spiro atoms. The minimum Gasteiger partial charge on any atom is -0.256 e. The van der Waals surface area contributed by atoms with Crippen LogP contribution < -0.4 is 5.69 Å². The van der Waals surface area contributed by atoms with E-state index in [1.165, 1.54) is 31.7 Å². The summed E-state index contributed by atoms with van der Waals surface area (Å²) < 4.78 is 26.0. The fraction of sp³-hybridized carbons (Fsp3) is 0.0909.